The van der Waals surface area contributed by atoms with Gasteiger partial charge in [-0.3, -0.25) is 9.59 Å². The molecule has 0 atom stereocenters. The maximum absolute atomic E-state index is 12.4. The van der Waals surface area contributed by atoms with Crippen LogP contribution in [0.15, 0.2) is 48.1 Å². The van der Waals surface area contributed by atoms with Crippen molar-refractivity contribution in [1.82, 2.24) is 14.9 Å². The van der Waals surface area contributed by atoms with Gasteiger partial charge in [0, 0.05) is 28.9 Å². The molecule has 2 aromatic heterocycles. The van der Waals surface area contributed by atoms with Gasteiger partial charge >= 0.3 is 7.12 Å². The Hall–Kier alpha value is -2.95. The van der Waals surface area contributed by atoms with Crippen molar-refractivity contribution in [3.05, 3.63) is 53.7 Å². The Morgan fingerprint density at radius 2 is 1.81 bits per heavy atom. The Kier molecular flexibility index (Phi) is 6.89. The van der Waals surface area contributed by atoms with E-state index in [-0.39, 0.29) is 23.9 Å². The minimum Gasteiger partial charge on any atom is -0.399 e. The molecule has 10 heteroatoms. The minimum absolute atomic E-state index is 0.123. The second-order valence-corrected chi connectivity index (χ2v) is 11.8. The van der Waals surface area contributed by atoms with E-state index in [2.05, 4.69) is 36.4 Å². The monoisotopic (exact) mass is 508 g/mol. The number of nitrogens with one attached hydrogen (secondary N) is 2. The van der Waals surface area contributed by atoms with Crippen LogP contribution in [0.3, 0.4) is 0 Å². The van der Waals surface area contributed by atoms with Crippen LogP contribution in [-0.4, -0.2) is 46.2 Å². The number of amides is 2. The third kappa shape index (κ3) is 5.56. The summed E-state index contributed by atoms with van der Waals surface area (Å²) in [6.07, 6.45) is 3.63. The van der Waals surface area contributed by atoms with Gasteiger partial charge in [-0.05, 0) is 60.0 Å². The fraction of sp³-hybridized carbons (Fsp3) is 0.423. The number of anilines is 1. The highest BCUT2D eigenvalue weighted by atomic mass is 32.1. The Morgan fingerprint density at radius 1 is 1.11 bits per heavy atom. The third-order valence-corrected chi connectivity index (χ3v) is 7.36. The number of aromatic nitrogens is 2. The largest absolute Gasteiger partial charge is 0.494 e. The zero-order valence-electron chi connectivity index (χ0n) is 21.8. The number of carbonyl (C=O) groups is 2. The lowest BCUT2D eigenvalue weighted by molar-refractivity contribution is -0.115. The standard InChI is InChI=1S/C26H33BN4O4S/c1-24(2,3)31-12-11-18(15-31)22(33)28-14-21(32)30-23-29-20(16-36-23)17-9-8-10-19(13-17)27-34-25(4,5)26(6,7)35-27/h8-13,15-16H,14H2,1-7H3,(H,28,33)(H,29,30,32). The number of thiazole rings is 1. The van der Waals surface area contributed by atoms with Crippen molar-refractivity contribution in [2.75, 3.05) is 11.9 Å². The average molecular weight is 508 g/mol. The number of rotatable bonds is 6. The normalized spacial score (nSPS) is 16.7. The van der Waals surface area contributed by atoms with Gasteiger partial charge in [-0.15, -0.1) is 11.3 Å². The van der Waals surface area contributed by atoms with Crippen LogP contribution in [-0.2, 0) is 19.6 Å². The molecule has 4 rings (SSSR count). The van der Waals surface area contributed by atoms with Crippen LogP contribution in [0.2, 0.25) is 0 Å². The van der Waals surface area contributed by atoms with Crippen LogP contribution in [0.25, 0.3) is 11.3 Å². The van der Waals surface area contributed by atoms with E-state index in [0.29, 0.717) is 10.7 Å². The minimum atomic E-state index is -0.461. The molecule has 2 N–H and O–H groups in total. The third-order valence-electron chi connectivity index (χ3n) is 6.60. The van der Waals surface area contributed by atoms with Gasteiger partial charge in [0.25, 0.3) is 5.91 Å². The Morgan fingerprint density at radius 3 is 2.44 bits per heavy atom. The number of hydrogen-bond acceptors (Lipinski definition) is 6. The lowest BCUT2D eigenvalue weighted by Gasteiger charge is -2.32. The lowest BCUT2D eigenvalue weighted by Crippen LogP contribution is -2.41. The second kappa shape index (κ2) is 9.50. The lowest BCUT2D eigenvalue weighted by atomic mass is 9.78. The van der Waals surface area contributed by atoms with Gasteiger partial charge in [0.15, 0.2) is 5.13 Å². The highest BCUT2D eigenvalue weighted by molar-refractivity contribution is 7.14. The number of nitrogens with zero attached hydrogens (tertiary/aromatic N) is 2. The molecule has 0 spiro atoms. The zero-order chi connectivity index (χ0) is 26.3. The molecular weight excluding hydrogens is 475 g/mol. The van der Waals surface area contributed by atoms with Crippen LogP contribution >= 0.6 is 11.3 Å². The Bertz CT molecular complexity index is 1260. The molecule has 1 fully saturated rings. The first-order valence-corrected chi connectivity index (χ1v) is 12.8. The molecule has 2 amide bonds. The maximum atomic E-state index is 12.4. The molecule has 1 aliphatic rings. The van der Waals surface area contributed by atoms with Crippen LogP contribution < -0.4 is 16.1 Å². The molecule has 190 valence electrons. The van der Waals surface area contributed by atoms with Crippen molar-refractivity contribution < 1.29 is 18.9 Å². The maximum Gasteiger partial charge on any atom is 0.494 e. The van der Waals surface area contributed by atoms with Gasteiger partial charge in [-0.2, -0.15) is 0 Å². The summed E-state index contributed by atoms with van der Waals surface area (Å²) in [5.41, 5.74) is 2.10. The first-order chi connectivity index (χ1) is 16.7. The molecule has 0 unspecified atom stereocenters. The highest BCUT2D eigenvalue weighted by Gasteiger charge is 2.51. The van der Waals surface area contributed by atoms with E-state index in [0.717, 1.165) is 16.7 Å². The molecule has 0 aliphatic carbocycles. The average Bonchev–Trinajstić information content (AvgIpc) is 3.50. The summed E-state index contributed by atoms with van der Waals surface area (Å²) in [6.45, 7) is 14.1. The van der Waals surface area contributed by atoms with E-state index in [9.17, 15) is 9.59 Å². The number of carbonyl (C=O) groups excluding carboxylic acids is 2. The molecule has 36 heavy (non-hydrogen) atoms. The van der Waals surface area contributed by atoms with Gasteiger partial charge in [-0.25, -0.2) is 4.98 Å². The number of benzene rings is 1. The fourth-order valence-corrected chi connectivity index (χ4v) is 4.40. The molecule has 3 aromatic rings. The van der Waals surface area contributed by atoms with Crippen LogP contribution in [0, 0.1) is 0 Å². The summed E-state index contributed by atoms with van der Waals surface area (Å²) >= 11 is 1.33. The van der Waals surface area contributed by atoms with E-state index in [4.69, 9.17) is 9.31 Å². The van der Waals surface area contributed by atoms with Crippen molar-refractivity contribution in [3.8, 4) is 11.3 Å². The van der Waals surface area contributed by atoms with Gasteiger partial charge in [0.2, 0.25) is 5.91 Å². The van der Waals surface area contributed by atoms with E-state index >= 15 is 0 Å². The Balaban J connectivity index is 1.35. The van der Waals surface area contributed by atoms with Gasteiger partial charge < -0.3 is 24.5 Å². The summed E-state index contributed by atoms with van der Waals surface area (Å²) in [6, 6.07) is 9.60. The molecule has 0 bridgehead atoms. The molecule has 8 nitrogen and oxygen atoms in total. The van der Waals surface area contributed by atoms with Gasteiger partial charge in [-0.1, -0.05) is 24.3 Å². The quantitative estimate of drug-likeness (QED) is 0.491. The van der Waals surface area contributed by atoms with E-state index in [1.54, 1.807) is 12.3 Å². The second-order valence-electron chi connectivity index (χ2n) is 11.0. The van der Waals surface area contributed by atoms with Crippen molar-refractivity contribution in [1.29, 1.82) is 0 Å². The first kappa shape index (κ1) is 26.1. The van der Waals surface area contributed by atoms with Crippen molar-refractivity contribution in [3.63, 3.8) is 0 Å². The molecule has 3 heterocycles. The molecule has 0 radical (unpaired) electrons. The summed E-state index contributed by atoms with van der Waals surface area (Å²) in [4.78, 5) is 29.4. The Labute approximate surface area is 216 Å². The van der Waals surface area contributed by atoms with E-state index < -0.39 is 18.3 Å². The summed E-state index contributed by atoms with van der Waals surface area (Å²) in [7, 11) is -0.461. The van der Waals surface area contributed by atoms with Gasteiger partial charge in [0.05, 0.1) is 29.0 Å². The summed E-state index contributed by atoms with van der Waals surface area (Å²) in [5.74, 6) is -0.641. The van der Waals surface area contributed by atoms with E-state index in [1.165, 1.54) is 11.3 Å². The first-order valence-electron chi connectivity index (χ1n) is 11.9. The van der Waals surface area contributed by atoms with E-state index in [1.807, 2.05) is 68.1 Å². The molecule has 0 saturated carbocycles. The molecule has 1 saturated heterocycles. The van der Waals surface area contributed by atoms with Crippen LogP contribution in [0.4, 0.5) is 5.13 Å². The molecular formula is C26H33BN4O4S. The van der Waals surface area contributed by atoms with Crippen molar-refractivity contribution >= 4 is 40.9 Å². The number of hydrogen-bond donors (Lipinski definition) is 2. The van der Waals surface area contributed by atoms with Crippen molar-refractivity contribution in [2.24, 2.45) is 0 Å². The molecule has 1 aromatic carbocycles. The zero-order valence-corrected chi connectivity index (χ0v) is 22.7. The van der Waals surface area contributed by atoms with Crippen LogP contribution in [0.1, 0.15) is 58.8 Å². The van der Waals surface area contributed by atoms with Gasteiger partial charge in [0.1, 0.15) is 0 Å². The summed E-state index contributed by atoms with van der Waals surface area (Å²) < 4.78 is 14.3. The van der Waals surface area contributed by atoms with Crippen LogP contribution in [0.5, 0.6) is 0 Å². The highest BCUT2D eigenvalue weighted by Crippen LogP contribution is 2.36. The summed E-state index contributed by atoms with van der Waals surface area (Å²) in [5, 5.41) is 7.76. The molecule has 1 aliphatic heterocycles. The predicted molar refractivity (Wildman–Crippen MR) is 144 cm³/mol. The predicted octanol–water partition coefficient (Wildman–Crippen LogP) is 4.03. The fourth-order valence-electron chi connectivity index (χ4n) is 3.66. The topological polar surface area (TPSA) is 94.5 Å². The van der Waals surface area contributed by atoms with Crippen molar-refractivity contribution in [2.45, 2.75) is 65.2 Å². The SMILES string of the molecule is CC(C)(C)n1ccc(C(=O)NCC(=O)Nc2nc(-c3cccc(B4OC(C)(C)C(C)(C)O4)c3)cs2)c1. The smallest absolute Gasteiger partial charge is 0.399 e.